The van der Waals surface area contributed by atoms with Crippen molar-refractivity contribution in [3.05, 3.63) is 113 Å². The number of hydrogen-bond donors (Lipinski definition) is 1. The summed E-state index contributed by atoms with van der Waals surface area (Å²) in [6.45, 7) is 0. The second kappa shape index (κ2) is 11.0. The van der Waals surface area contributed by atoms with E-state index in [1.54, 1.807) is 73.8 Å². The highest BCUT2D eigenvalue weighted by Crippen LogP contribution is 2.25. The highest BCUT2D eigenvalue weighted by molar-refractivity contribution is 7.99. The van der Waals surface area contributed by atoms with Crippen molar-refractivity contribution in [1.29, 1.82) is 0 Å². The second-order valence-electron chi connectivity index (χ2n) is 8.03. The van der Waals surface area contributed by atoms with Crippen LogP contribution >= 0.6 is 11.8 Å². The molecule has 0 aliphatic heterocycles. The number of benzene rings is 4. The van der Waals surface area contributed by atoms with Gasteiger partial charge in [0.15, 0.2) is 5.16 Å². The fourth-order valence-corrected chi connectivity index (χ4v) is 4.54. The van der Waals surface area contributed by atoms with Gasteiger partial charge in [0.2, 0.25) is 5.91 Å². The average Bonchev–Trinajstić information content (AvgIpc) is 2.94. The zero-order valence-electron chi connectivity index (χ0n) is 20.0. The molecule has 4 aromatic carbocycles. The third-order valence-corrected chi connectivity index (χ3v) is 6.46. The predicted octanol–water partition coefficient (Wildman–Crippen LogP) is 5.92. The summed E-state index contributed by atoms with van der Waals surface area (Å²) in [6.07, 6.45) is 0. The van der Waals surface area contributed by atoms with Crippen LogP contribution in [0, 0.1) is 0 Å². The molecule has 5 aromatic rings. The molecule has 0 bridgehead atoms. The van der Waals surface area contributed by atoms with Gasteiger partial charge in [-0.2, -0.15) is 0 Å². The lowest BCUT2D eigenvalue weighted by molar-refractivity contribution is -0.113. The van der Waals surface area contributed by atoms with E-state index in [4.69, 9.17) is 9.47 Å². The third kappa shape index (κ3) is 5.65. The van der Waals surface area contributed by atoms with Crippen LogP contribution in [0.3, 0.4) is 0 Å². The van der Waals surface area contributed by atoms with E-state index in [-0.39, 0.29) is 17.2 Å². The van der Waals surface area contributed by atoms with Crippen molar-refractivity contribution in [1.82, 2.24) is 9.55 Å². The highest BCUT2D eigenvalue weighted by Gasteiger charge is 2.15. The number of carbonyl (C=O) groups excluding carboxylic acids is 1. The Bertz CT molecular complexity index is 1580. The van der Waals surface area contributed by atoms with Gasteiger partial charge in [-0.25, -0.2) is 4.98 Å². The number of methoxy groups -OCH3 is 1. The zero-order chi connectivity index (χ0) is 25.6. The van der Waals surface area contributed by atoms with Gasteiger partial charge in [0.05, 0.1) is 29.5 Å². The summed E-state index contributed by atoms with van der Waals surface area (Å²) < 4.78 is 12.6. The van der Waals surface area contributed by atoms with E-state index in [0.29, 0.717) is 38.9 Å². The van der Waals surface area contributed by atoms with E-state index in [1.807, 2.05) is 36.4 Å². The lowest BCUT2D eigenvalue weighted by atomic mass is 10.2. The summed E-state index contributed by atoms with van der Waals surface area (Å²) in [5.74, 6) is 1.94. The summed E-state index contributed by atoms with van der Waals surface area (Å²) in [5.41, 5.74) is 1.66. The molecule has 0 aliphatic rings. The molecular formula is C29H23N3O4S. The third-order valence-electron chi connectivity index (χ3n) is 5.52. The number of rotatable bonds is 8. The van der Waals surface area contributed by atoms with Crippen LogP contribution in [-0.2, 0) is 4.79 Å². The number of amides is 1. The Kier molecular flexibility index (Phi) is 7.19. The number of anilines is 1. The first-order valence-corrected chi connectivity index (χ1v) is 12.5. The molecule has 0 aliphatic carbocycles. The number of ether oxygens (including phenoxy) is 2. The number of aromatic nitrogens is 2. The lowest BCUT2D eigenvalue weighted by Crippen LogP contribution is -2.23. The van der Waals surface area contributed by atoms with Gasteiger partial charge < -0.3 is 14.8 Å². The van der Waals surface area contributed by atoms with Gasteiger partial charge >= 0.3 is 0 Å². The monoisotopic (exact) mass is 509 g/mol. The fraction of sp³-hybridized carbons (Fsp3) is 0.0690. The maximum Gasteiger partial charge on any atom is 0.266 e. The van der Waals surface area contributed by atoms with Crippen LogP contribution in [0.5, 0.6) is 17.2 Å². The van der Waals surface area contributed by atoms with E-state index < -0.39 is 0 Å². The molecule has 0 spiro atoms. The molecule has 0 fully saturated rings. The topological polar surface area (TPSA) is 82.4 Å². The highest BCUT2D eigenvalue weighted by atomic mass is 32.2. The van der Waals surface area contributed by atoms with Gasteiger partial charge in [0.25, 0.3) is 5.56 Å². The Morgan fingerprint density at radius 1 is 0.838 bits per heavy atom. The molecule has 184 valence electrons. The first-order valence-electron chi connectivity index (χ1n) is 11.5. The zero-order valence-corrected chi connectivity index (χ0v) is 20.8. The number of carbonyl (C=O) groups is 1. The normalized spacial score (nSPS) is 10.7. The Balaban J connectivity index is 1.32. The SMILES string of the molecule is COc1ccc(-n2c(SCC(=O)Nc3ccc(Oc4ccccc4)cc3)nc3ccccc3c2=O)cc1. The average molecular weight is 510 g/mol. The first-order chi connectivity index (χ1) is 18.1. The molecule has 0 saturated carbocycles. The van der Waals surface area contributed by atoms with Crippen LogP contribution in [0.4, 0.5) is 5.69 Å². The van der Waals surface area contributed by atoms with Crippen LogP contribution in [0.25, 0.3) is 16.6 Å². The van der Waals surface area contributed by atoms with Crippen molar-refractivity contribution < 1.29 is 14.3 Å². The van der Waals surface area contributed by atoms with Gasteiger partial charge in [-0.3, -0.25) is 14.2 Å². The number of nitrogens with one attached hydrogen (secondary N) is 1. The van der Waals surface area contributed by atoms with Gasteiger partial charge in [-0.05, 0) is 72.8 Å². The number of fused-ring (bicyclic) bond motifs is 1. The summed E-state index contributed by atoms with van der Waals surface area (Å²) in [6, 6.07) is 30.9. The van der Waals surface area contributed by atoms with E-state index in [9.17, 15) is 9.59 Å². The number of para-hydroxylation sites is 2. The van der Waals surface area contributed by atoms with Crippen LogP contribution in [0.1, 0.15) is 0 Å². The van der Waals surface area contributed by atoms with Crippen LogP contribution < -0.4 is 20.3 Å². The first kappa shape index (κ1) is 24.1. The van der Waals surface area contributed by atoms with E-state index >= 15 is 0 Å². The van der Waals surface area contributed by atoms with Gasteiger partial charge in [0.1, 0.15) is 17.2 Å². The molecule has 0 atom stereocenters. The number of hydrogen-bond acceptors (Lipinski definition) is 6. The Morgan fingerprint density at radius 3 is 2.22 bits per heavy atom. The van der Waals surface area contributed by atoms with Crippen LogP contribution in [0.2, 0.25) is 0 Å². The Morgan fingerprint density at radius 2 is 1.49 bits per heavy atom. The van der Waals surface area contributed by atoms with Gasteiger partial charge in [-0.1, -0.05) is 42.1 Å². The van der Waals surface area contributed by atoms with E-state index in [1.165, 1.54) is 16.3 Å². The number of thioether (sulfide) groups is 1. The molecule has 0 radical (unpaired) electrons. The standard InChI is InChI=1S/C29H23N3O4S/c1-35-22-17-13-21(14-18-22)32-28(34)25-9-5-6-10-26(25)31-29(32)37-19-27(33)30-20-11-15-24(16-12-20)36-23-7-3-2-4-8-23/h2-18H,19H2,1H3,(H,30,33). The maximum atomic E-state index is 13.4. The minimum Gasteiger partial charge on any atom is -0.497 e. The predicted molar refractivity (Wildman–Crippen MR) is 146 cm³/mol. The van der Waals surface area contributed by atoms with Crippen molar-refractivity contribution in [2.45, 2.75) is 5.16 Å². The minimum absolute atomic E-state index is 0.0726. The molecule has 5 rings (SSSR count). The summed E-state index contributed by atoms with van der Waals surface area (Å²) in [4.78, 5) is 30.8. The fourth-order valence-electron chi connectivity index (χ4n) is 3.73. The second-order valence-corrected chi connectivity index (χ2v) is 8.97. The molecular weight excluding hydrogens is 486 g/mol. The molecule has 37 heavy (non-hydrogen) atoms. The quantitative estimate of drug-likeness (QED) is 0.207. The van der Waals surface area contributed by atoms with E-state index in [2.05, 4.69) is 10.3 Å². The molecule has 1 amide bonds. The molecule has 8 heteroatoms. The minimum atomic E-state index is -0.217. The molecule has 0 unspecified atom stereocenters. The van der Waals surface area contributed by atoms with Crippen molar-refractivity contribution in [3.8, 4) is 22.9 Å². The van der Waals surface area contributed by atoms with Gasteiger partial charge in [-0.15, -0.1) is 0 Å². The Hall–Kier alpha value is -4.56. The van der Waals surface area contributed by atoms with Crippen LogP contribution in [-0.4, -0.2) is 28.3 Å². The summed E-state index contributed by atoms with van der Waals surface area (Å²) >= 11 is 1.20. The molecule has 0 saturated heterocycles. The largest absolute Gasteiger partial charge is 0.497 e. The number of nitrogens with zero attached hydrogens (tertiary/aromatic N) is 2. The van der Waals surface area contributed by atoms with E-state index in [0.717, 1.165) is 5.75 Å². The van der Waals surface area contributed by atoms with Crippen LogP contribution in [0.15, 0.2) is 113 Å². The van der Waals surface area contributed by atoms with Gasteiger partial charge in [0, 0.05) is 5.69 Å². The molecule has 1 N–H and O–H groups in total. The van der Waals surface area contributed by atoms with Crippen molar-refractivity contribution in [3.63, 3.8) is 0 Å². The summed E-state index contributed by atoms with van der Waals surface area (Å²) in [7, 11) is 1.59. The van der Waals surface area contributed by atoms with Crippen molar-refractivity contribution >= 4 is 34.3 Å². The molecule has 1 heterocycles. The summed E-state index contributed by atoms with van der Waals surface area (Å²) in [5, 5.41) is 3.81. The van der Waals surface area contributed by atoms with Crippen molar-refractivity contribution in [2.24, 2.45) is 0 Å². The van der Waals surface area contributed by atoms with Crippen molar-refractivity contribution in [2.75, 3.05) is 18.2 Å². The molecule has 7 nitrogen and oxygen atoms in total. The smallest absolute Gasteiger partial charge is 0.266 e. The maximum absolute atomic E-state index is 13.4. The lowest BCUT2D eigenvalue weighted by Gasteiger charge is -2.14. The molecule has 1 aromatic heterocycles. The Labute approximate surface area is 217 Å².